The molecule has 2 N–H and O–H groups in total. The van der Waals surface area contributed by atoms with Gasteiger partial charge in [-0.25, -0.2) is 0 Å². The van der Waals surface area contributed by atoms with Crippen LogP contribution in [-0.4, -0.2) is 17.6 Å². The van der Waals surface area contributed by atoms with E-state index in [0.717, 1.165) is 5.56 Å². The normalized spacial score (nSPS) is 11.0. The molecule has 0 bridgehead atoms. The number of anilines is 1. The Bertz CT molecular complexity index is 745. The summed E-state index contributed by atoms with van der Waals surface area (Å²) in [6, 6.07) is 11.4. The number of aryl methyl sites for hydroxylation is 1. The maximum atomic E-state index is 12.4. The van der Waals surface area contributed by atoms with E-state index in [9.17, 15) is 13.6 Å². The lowest BCUT2D eigenvalue weighted by Crippen LogP contribution is -2.09. The van der Waals surface area contributed by atoms with Crippen molar-refractivity contribution in [2.45, 2.75) is 20.1 Å². The van der Waals surface area contributed by atoms with Crippen molar-refractivity contribution in [3.63, 3.8) is 0 Å². The lowest BCUT2D eigenvalue weighted by atomic mass is 10.1. The standard InChI is InChI=1S/C18H17F2NO3/c1-12-6-7-13(11-22)10-15(12)21-17(23)9-8-14-4-2-3-5-16(14)24-18(19)20/h2-10,18,22H,11H2,1H3,(H,21,23)/b9-8+. The van der Waals surface area contributed by atoms with Gasteiger partial charge in [0.15, 0.2) is 0 Å². The van der Waals surface area contributed by atoms with Crippen molar-refractivity contribution in [3.8, 4) is 5.75 Å². The van der Waals surface area contributed by atoms with Crippen molar-refractivity contribution < 1.29 is 23.4 Å². The highest BCUT2D eigenvalue weighted by molar-refractivity contribution is 6.02. The molecule has 0 aliphatic carbocycles. The van der Waals surface area contributed by atoms with E-state index in [1.165, 1.54) is 18.2 Å². The van der Waals surface area contributed by atoms with Gasteiger partial charge in [0.25, 0.3) is 0 Å². The van der Waals surface area contributed by atoms with Crippen LogP contribution in [0, 0.1) is 6.92 Å². The molecule has 0 spiro atoms. The van der Waals surface area contributed by atoms with Crippen molar-refractivity contribution in [1.29, 1.82) is 0 Å². The van der Waals surface area contributed by atoms with Crippen molar-refractivity contribution in [1.82, 2.24) is 0 Å². The fraction of sp³-hybridized carbons (Fsp3) is 0.167. The van der Waals surface area contributed by atoms with Gasteiger partial charge in [-0.15, -0.1) is 0 Å². The third-order valence-electron chi connectivity index (χ3n) is 3.29. The summed E-state index contributed by atoms with van der Waals surface area (Å²) < 4.78 is 29.1. The number of amides is 1. The molecule has 2 aromatic carbocycles. The molecule has 126 valence electrons. The van der Waals surface area contributed by atoms with E-state index in [4.69, 9.17) is 5.11 Å². The predicted molar refractivity (Wildman–Crippen MR) is 87.8 cm³/mol. The van der Waals surface area contributed by atoms with E-state index >= 15 is 0 Å². The van der Waals surface area contributed by atoms with Gasteiger partial charge in [-0.05, 0) is 36.3 Å². The zero-order chi connectivity index (χ0) is 17.5. The molecule has 0 aliphatic rings. The lowest BCUT2D eigenvalue weighted by Gasteiger charge is -2.09. The SMILES string of the molecule is Cc1ccc(CO)cc1NC(=O)/C=C/c1ccccc1OC(F)F. The van der Waals surface area contributed by atoms with Crippen LogP contribution in [0.1, 0.15) is 16.7 Å². The van der Waals surface area contributed by atoms with Gasteiger partial charge in [-0.1, -0.05) is 30.3 Å². The lowest BCUT2D eigenvalue weighted by molar-refractivity contribution is -0.111. The summed E-state index contributed by atoms with van der Waals surface area (Å²) in [4.78, 5) is 12.0. The molecule has 0 saturated carbocycles. The van der Waals surface area contributed by atoms with E-state index in [-0.39, 0.29) is 12.4 Å². The minimum absolute atomic E-state index is 0.00462. The van der Waals surface area contributed by atoms with Crippen LogP contribution in [0.5, 0.6) is 5.75 Å². The number of aliphatic hydroxyl groups excluding tert-OH is 1. The summed E-state index contributed by atoms with van der Waals surface area (Å²) in [6.45, 7) is -1.24. The van der Waals surface area contributed by atoms with Gasteiger partial charge in [-0.3, -0.25) is 4.79 Å². The molecule has 0 radical (unpaired) electrons. The molecule has 0 heterocycles. The van der Waals surface area contributed by atoms with Crippen molar-refractivity contribution in [3.05, 3.63) is 65.2 Å². The molecular weight excluding hydrogens is 316 g/mol. The number of carbonyl (C=O) groups excluding carboxylic acids is 1. The van der Waals surface area contributed by atoms with Crippen LogP contribution in [0.25, 0.3) is 6.08 Å². The van der Waals surface area contributed by atoms with E-state index in [1.807, 2.05) is 6.92 Å². The summed E-state index contributed by atoms with van der Waals surface area (Å²) in [5, 5.41) is 11.8. The summed E-state index contributed by atoms with van der Waals surface area (Å²) in [7, 11) is 0. The monoisotopic (exact) mass is 333 g/mol. The number of hydrogen-bond acceptors (Lipinski definition) is 3. The fourth-order valence-corrected chi connectivity index (χ4v) is 2.06. The van der Waals surface area contributed by atoms with Crippen LogP contribution < -0.4 is 10.1 Å². The summed E-state index contributed by atoms with van der Waals surface area (Å²) >= 11 is 0. The minimum Gasteiger partial charge on any atom is -0.434 e. The number of aliphatic hydroxyl groups is 1. The number of rotatable bonds is 6. The number of para-hydroxylation sites is 1. The van der Waals surface area contributed by atoms with Crippen LogP contribution >= 0.6 is 0 Å². The Morgan fingerprint density at radius 3 is 2.75 bits per heavy atom. The smallest absolute Gasteiger partial charge is 0.387 e. The van der Waals surface area contributed by atoms with Crippen LogP contribution in [-0.2, 0) is 11.4 Å². The van der Waals surface area contributed by atoms with Crippen molar-refractivity contribution in [2.24, 2.45) is 0 Å². The van der Waals surface area contributed by atoms with Crippen LogP contribution in [0.3, 0.4) is 0 Å². The maximum Gasteiger partial charge on any atom is 0.387 e. The number of ether oxygens (including phenoxy) is 1. The third-order valence-corrected chi connectivity index (χ3v) is 3.29. The number of alkyl halides is 2. The quantitative estimate of drug-likeness (QED) is 0.792. The predicted octanol–water partition coefficient (Wildman–Crippen LogP) is 3.74. The van der Waals surface area contributed by atoms with Gasteiger partial charge >= 0.3 is 6.61 Å². The topological polar surface area (TPSA) is 58.6 Å². The van der Waals surface area contributed by atoms with E-state index in [1.54, 1.807) is 36.4 Å². The molecule has 2 rings (SSSR count). The average Bonchev–Trinajstić information content (AvgIpc) is 2.55. The molecule has 0 aliphatic heterocycles. The maximum absolute atomic E-state index is 12.4. The fourth-order valence-electron chi connectivity index (χ4n) is 2.06. The number of benzene rings is 2. The molecule has 0 fully saturated rings. The van der Waals surface area contributed by atoms with Crippen LogP contribution in [0.15, 0.2) is 48.5 Å². The number of halogens is 2. The van der Waals surface area contributed by atoms with Gasteiger partial charge in [0, 0.05) is 17.3 Å². The first-order valence-corrected chi connectivity index (χ1v) is 7.23. The molecule has 0 atom stereocenters. The third kappa shape index (κ3) is 4.89. The number of nitrogens with one attached hydrogen (secondary N) is 1. The second kappa shape index (κ2) is 8.21. The summed E-state index contributed by atoms with van der Waals surface area (Å²) in [5.74, 6) is -0.421. The highest BCUT2D eigenvalue weighted by atomic mass is 19.3. The molecule has 0 aromatic heterocycles. The van der Waals surface area contributed by atoms with E-state index in [2.05, 4.69) is 10.1 Å². The number of hydrogen-bond donors (Lipinski definition) is 2. The Balaban J connectivity index is 2.11. The van der Waals surface area contributed by atoms with Crippen molar-refractivity contribution in [2.75, 3.05) is 5.32 Å². The Kier molecular flexibility index (Phi) is 6.03. The van der Waals surface area contributed by atoms with Gasteiger partial charge in [-0.2, -0.15) is 8.78 Å². The van der Waals surface area contributed by atoms with Gasteiger partial charge in [0.05, 0.1) is 6.61 Å². The van der Waals surface area contributed by atoms with Crippen LogP contribution in [0.2, 0.25) is 0 Å². The molecule has 4 nitrogen and oxygen atoms in total. The molecule has 24 heavy (non-hydrogen) atoms. The van der Waals surface area contributed by atoms with Crippen LogP contribution in [0.4, 0.5) is 14.5 Å². The van der Waals surface area contributed by atoms with E-state index in [0.29, 0.717) is 16.8 Å². The highest BCUT2D eigenvalue weighted by Gasteiger charge is 2.08. The zero-order valence-corrected chi connectivity index (χ0v) is 13.0. The van der Waals surface area contributed by atoms with E-state index < -0.39 is 12.5 Å². The highest BCUT2D eigenvalue weighted by Crippen LogP contribution is 2.22. The average molecular weight is 333 g/mol. The largest absolute Gasteiger partial charge is 0.434 e. The Labute approximate surface area is 138 Å². The van der Waals surface area contributed by atoms with Crippen molar-refractivity contribution >= 4 is 17.7 Å². The van der Waals surface area contributed by atoms with Gasteiger partial charge < -0.3 is 15.2 Å². The first-order valence-electron chi connectivity index (χ1n) is 7.23. The molecular formula is C18H17F2NO3. The Morgan fingerprint density at radius 2 is 2.04 bits per heavy atom. The molecule has 0 unspecified atom stereocenters. The minimum atomic E-state index is -2.93. The van der Waals surface area contributed by atoms with Gasteiger partial charge in [0.1, 0.15) is 5.75 Å². The molecule has 0 saturated heterocycles. The first kappa shape index (κ1) is 17.6. The molecule has 2 aromatic rings. The second-order valence-electron chi connectivity index (χ2n) is 5.05. The number of carbonyl (C=O) groups is 1. The summed E-state index contributed by atoms with van der Waals surface area (Å²) in [5.41, 5.74) is 2.47. The molecule has 1 amide bonds. The summed E-state index contributed by atoms with van der Waals surface area (Å²) in [6.07, 6.45) is 2.64. The zero-order valence-electron chi connectivity index (χ0n) is 13.0. The Hall–Kier alpha value is -2.73. The van der Waals surface area contributed by atoms with Gasteiger partial charge in [0.2, 0.25) is 5.91 Å². The second-order valence-corrected chi connectivity index (χ2v) is 5.05. The first-order chi connectivity index (χ1) is 11.5. The molecule has 6 heteroatoms. The Morgan fingerprint density at radius 1 is 1.29 bits per heavy atom.